The molecule has 1 amide bonds. The van der Waals surface area contributed by atoms with Crippen LogP contribution in [0.2, 0.25) is 0 Å². The lowest BCUT2D eigenvalue weighted by molar-refractivity contribution is 0.0948. The van der Waals surface area contributed by atoms with E-state index in [0.717, 1.165) is 56.6 Å². The molecule has 0 unspecified atom stereocenters. The SMILES string of the molecule is CCn1c2ccccc2c2cc(CN3CCc4nnc(CNC(=O)c5cc(C)oc5C)n4CC3)ccc21. The number of hydrogen-bond donors (Lipinski definition) is 1. The molecule has 0 saturated carbocycles. The van der Waals surface area contributed by atoms with Gasteiger partial charge in [-0.15, -0.1) is 10.2 Å². The van der Waals surface area contributed by atoms with Gasteiger partial charge in [0.25, 0.3) is 5.91 Å². The van der Waals surface area contributed by atoms with Crippen LogP contribution in [0.25, 0.3) is 21.8 Å². The lowest BCUT2D eigenvalue weighted by Crippen LogP contribution is -2.28. The van der Waals surface area contributed by atoms with Gasteiger partial charge >= 0.3 is 0 Å². The number of carbonyl (C=O) groups excluding carboxylic acids is 1. The fourth-order valence-corrected chi connectivity index (χ4v) is 5.62. The molecule has 0 atom stereocenters. The zero-order valence-corrected chi connectivity index (χ0v) is 21.6. The van der Waals surface area contributed by atoms with E-state index in [1.807, 2.05) is 6.92 Å². The molecule has 3 aromatic heterocycles. The molecule has 4 heterocycles. The summed E-state index contributed by atoms with van der Waals surface area (Å²) in [5, 5.41) is 14.4. The summed E-state index contributed by atoms with van der Waals surface area (Å²) >= 11 is 0. The third kappa shape index (κ3) is 4.31. The first kappa shape index (κ1) is 23.5. The summed E-state index contributed by atoms with van der Waals surface area (Å²) in [5.41, 5.74) is 4.48. The van der Waals surface area contributed by atoms with Crippen molar-refractivity contribution in [3.05, 3.63) is 82.8 Å². The highest BCUT2D eigenvalue weighted by Gasteiger charge is 2.21. The molecule has 0 aliphatic carbocycles. The van der Waals surface area contributed by atoms with E-state index in [1.165, 1.54) is 27.4 Å². The van der Waals surface area contributed by atoms with E-state index in [1.54, 1.807) is 13.0 Å². The Bertz CT molecular complexity index is 1610. The zero-order valence-electron chi connectivity index (χ0n) is 21.6. The summed E-state index contributed by atoms with van der Waals surface area (Å²) in [6.07, 6.45) is 0.832. The van der Waals surface area contributed by atoms with Crippen molar-refractivity contribution in [2.24, 2.45) is 0 Å². The van der Waals surface area contributed by atoms with Crippen LogP contribution in [0.15, 0.2) is 52.9 Å². The van der Waals surface area contributed by atoms with Crippen LogP contribution in [-0.2, 0) is 32.6 Å². The first-order valence-electron chi connectivity index (χ1n) is 13.0. The number of furan rings is 1. The van der Waals surface area contributed by atoms with Crippen LogP contribution >= 0.6 is 0 Å². The van der Waals surface area contributed by atoms with Crippen LogP contribution in [0.1, 0.15) is 46.0 Å². The molecule has 8 heteroatoms. The van der Waals surface area contributed by atoms with Crippen molar-refractivity contribution >= 4 is 27.7 Å². The van der Waals surface area contributed by atoms with E-state index in [4.69, 9.17) is 4.42 Å². The normalized spacial score (nSPS) is 14.2. The predicted molar refractivity (Wildman–Crippen MR) is 143 cm³/mol. The standard InChI is InChI=1S/C29H32N6O2/c1-4-34-25-8-6-5-7-22(25)24-16-21(9-10-26(24)34)18-33-12-11-27-31-32-28(35(27)14-13-33)17-30-29(36)23-15-19(2)37-20(23)3/h5-10,15-16H,4,11-14,17-18H2,1-3H3,(H,30,36). The van der Waals surface area contributed by atoms with Gasteiger partial charge in [-0.1, -0.05) is 24.3 Å². The van der Waals surface area contributed by atoms with E-state index in [2.05, 4.69) is 78.9 Å². The van der Waals surface area contributed by atoms with E-state index < -0.39 is 0 Å². The second kappa shape index (κ2) is 9.52. The van der Waals surface area contributed by atoms with Gasteiger partial charge in [0.05, 0.1) is 12.1 Å². The van der Waals surface area contributed by atoms with Crippen LogP contribution in [0, 0.1) is 13.8 Å². The number of carbonyl (C=O) groups is 1. The van der Waals surface area contributed by atoms with E-state index in [0.29, 0.717) is 17.9 Å². The highest BCUT2D eigenvalue weighted by atomic mass is 16.3. The maximum absolute atomic E-state index is 12.6. The summed E-state index contributed by atoms with van der Waals surface area (Å²) in [6, 6.07) is 17.3. The Balaban J connectivity index is 1.15. The minimum absolute atomic E-state index is 0.151. The van der Waals surface area contributed by atoms with Crippen molar-refractivity contribution in [1.29, 1.82) is 0 Å². The highest BCUT2D eigenvalue weighted by Crippen LogP contribution is 2.30. The quantitative estimate of drug-likeness (QED) is 0.372. The molecular formula is C29H32N6O2. The van der Waals surface area contributed by atoms with Crippen LogP contribution < -0.4 is 5.32 Å². The van der Waals surface area contributed by atoms with Gasteiger partial charge in [-0.2, -0.15) is 0 Å². The Morgan fingerprint density at radius 3 is 2.65 bits per heavy atom. The van der Waals surface area contributed by atoms with Crippen LogP contribution in [-0.4, -0.2) is 43.2 Å². The first-order chi connectivity index (χ1) is 18.0. The van der Waals surface area contributed by atoms with Gasteiger partial charge in [0.15, 0.2) is 5.82 Å². The van der Waals surface area contributed by atoms with Crippen LogP contribution in [0.4, 0.5) is 0 Å². The number of aryl methyl sites for hydroxylation is 3. The summed E-state index contributed by atoms with van der Waals surface area (Å²) in [7, 11) is 0. The highest BCUT2D eigenvalue weighted by molar-refractivity contribution is 6.08. The minimum Gasteiger partial charge on any atom is -0.466 e. The lowest BCUT2D eigenvalue weighted by atomic mass is 10.1. The van der Waals surface area contributed by atoms with Crippen LogP contribution in [0.5, 0.6) is 0 Å². The fourth-order valence-electron chi connectivity index (χ4n) is 5.62. The second-order valence-corrected chi connectivity index (χ2v) is 9.83. The van der Waals surface area contributed by atoms with Gasteiger partial charge in [-0.3, -0.25) is 9.69 Å². The summed E-state index contributed by atoms with van der Waals surface area (Å²) < 4.78 is 10.0. The fraction of sp³-hybridized carbons (Fsp3) is 0.345. The van der Waals surface area contributed by atoms with Crippen molar-refractivity contribution in [3.63, 3.8) is 0 Å². The number of benzene rings is 2. The van der Waals surface area contributed by atoms with Crippen molar-refractivity contribution in [1.82, 2.24) is 29.5 Å². The molecule has 0 fully saturated rings. The Morgan fingerprint density at radius 1 is 1.00 bits per heavy atom. The number of fused-ring (bicyclic) bond motifs is 4. The average Bonchev–Trinajstić information content (AvgIpc) is 3.51. The summed E-state index contributed by atoms with van der Waals surface area (Å²) in [5.74, 6) is 2.97. The minimum atomic E-state index is -0.151. The Morgan fingerprint density at radius 2 is 1.84 bits per heavy atom. The van der Waals surface area contributed by atoms with Gasteiger partial charge in [0.1, 0.15) is 17.3 Å². The van der Waals surface area contributed by atoms with E-state index >= 15 is 0 Å². The Hall–Kier alpha value is -3.91. The third-order valence-corrected chi connectivity index (χ3v) is 7.45. The molecule has 6 rings (SSSR count). The largest absolute Gasteiger partial charge is 0.466 e. The molecule has 37 heavy (non-hydrogen) atoms. The number of aromatic nitrogens is 4. The van der Waals surface area contributed by atoms with E-state index in [9.17, 15) is 4.79 Å². The topological polar surface area (TPSA) is 81.1 Å². The number of nitrogens with one attached hydrogen (secondary N) is 1. The molecule has 0 bridgehead atoms. The monoisotopic (exact) mass is 496 g/mol. The molecule has 1 aliphatic heterocycles. The van der Waals surface area contributed by atoms with Gasteiger partial charge in [-0.05, 0) is 50.6 Å². The molecule has 0 saturated heterocycles. The number of nitrogens with zero attached hydrogens (tertiary/aromatic N) is 5. The lowest BCUT2D eigenvalue weighted by Gasteiger charge is -2.20. The number of rotatable bonds is 6. The Kier molecular flexibility index (Phi) is 6.04. The molecule has 0 radical (unpaired) electrons. The second-order valence-electron chi connectivity index (χ2n) is 9.83. The molecule has 190 valence electrons. The number of amides is 1. The van der Waals surface area contributed by atoms with E-state index in [-0.39, 0.29) is 5.91 Å². The summed E-state index contributed by atoms with van der Waals surface area (Å²) in [4.78, 5) is 15.1. The number of para-hydroxylation sites is 1. The van der Waals surface area contributed by atoms with Crippen molar-refractivity contribution in [2.75, 3.05) is 13.1 Å². The molecule has 1 N–H and O–H groups in total. The number of hydrogen-bond acceptors (Lipinski definition) is 5. The van der Waals surface area contributed by atoms with Gasteiger partial charge in [0, 0.05) is 61.0 Å². The predicted octanol–water partition coefficient (Wildman–Crippen LogP) is 4.60. The zero-order chi connectivity index (χ0) is 25.5. The van der Waals surface area contributed by atoms with Crippen molar-refractivity contribution < 1.29 is 9.21 Å². The molecule has 2 aromatic carbocycles. The maximum atomic E-state index is 12.6. The average molecular weight is 497 g/mol. The van der Waals surface area contributed by atoms with Gasteiger partial charge in [0.2, 0.25) is 0 Å². The Labute approximate surface area is 215 Å². The third-order valence-electron chi connectivity index (χ3n) is 7.45. The smallest absolute Gasteiger partial charge is 0.255 e. The van der Waals surface area contributed by atoms with Crippen molar-refractivity contribution in [2.45, 2.75) is 53.4 Å². The molecule has 5 aromatic rings. The molecule has 0 spiro atoms. The van der Waals surface area contributed by atoms with Gasteiger partial charge < -0.3 is 18.9 Å². The first-order valence-corrected chi connectivity index (χ1v) is 13.0. The summed E-state index contributed by atoms with van der Waals surface area (Å²) in [6.45, 7) is 10.7. The van der Waals surface area contributed by atoms with Crippen molar-refractivity contribution in [3.8, 4) is 0 Å². The molecule has 8 nitrogen and oxygen atoms in total. The van der Waals surface area contributed by atoms with Crippen LogP contribution in [0.3, 0.4) is 0 Å². The molecule has 1 aliphatic rings. The molecular weight excluding hydrogens is 464 g/mol. The maximum Gasteiger partial charge on any atom is 0.255 e. The van der Waals surface area contributed by atoms with Gasteiger partial charge in [-0.25, -0.2) is 0 Å².